The molecule has 164 valence electrons. The Morgan fingerprint density at radius 3 is 1.37 bits per heavy atom. The van der Waals surface area contributed by atoms with Gasteiger partial charge in [0.25, 0.3) is 0 Å². The maximum atomic E-state index is 9.98. The number of aliphatic hydroxyl groups is 1. The highest BCUT2D eigenvalue weighted by Gasteiger charge is 2.14. The van der Waals surface area contributed by atoms with Crippen LogP contribution in [0.4, 0.5) is 0 Å². The highest BCUT2D eigenvalue weighted by molar-refractivity contribution is 7.99. The van der Waals surface area contributed by atoms with E-state index in [4.69, 9.17) is 0 Å². The van der Waals surface area contributed by atoms with E-state index in [9.17, 15) is 5.11 Å². The van der Waals surface area contributed by atoms with E-state index in [1.54, 1.807) is 0 Å². The average molecular weight is 403 g/mol. The van der Waals surface area contributed by atoms with Gasteiger partial charge in [0, 0.05) is 5.75 Å². The Morgan fingerprint density at radius 2 is 1.00 bits per heavy atom. The van der Waals surface area contributed by atoms with Gasteiger partial charge in [0.15, 0.2) is 0 Å². The fraction of sp³-hybridized carbons (Fsp3) is 1.00. The largest absolute Gasteiger partial charge is 0.386 e. The summed E-state index contributed by atoms with van der Waals surface area (Å²) in [5.74, 6) is 2.11. The third-order valence-electron chi connectivity index (χ3n) is 5.21. The molecule has 0 aliphatic carbocycles. The minimum absolute atomic E-state index is 0.156. The van der Waals surface area contributed by atoms with E-state index in [2.05, 4.69) is 28.1 Å². The van der Waals surface area contributed by atoms with Gasteiger partial charge >= 0.3 is 0 Å². The van der Waals surface area contributed by atoms with Crippen LogP contribution < -0.4 is 0 Å². The molecular weight excluding hydrogens is 350 g/mol. The smallest absolute Gasteiger partial charge is 0.112 e. The van der Waals surface area contributed by atoms with E-state index in [1.807, 2.05) is 11.8 Å². The molecule has 0 saturated carbocycles. The van der Waals surface area contributed by atoms with Crippen molar-refractivity contribution in [3.05, 3.63) is 0 Å². The zero-order valence-corrected chi connectivity index (χ0v) is 20.1. The van der Waals surface area contributed by atoms with Gasteiger partial charge in [-0.05, 0) is 12.2 Å². The van der Waals surface area contributed by atoms with Gasteiger partial charge in [-0.25, -0.2) is 0 Å². The van der Waals surface area contributed by atoms with Crippen molar-refractivity contribution in [2.24, 2.45) is 0 Å². The van der Waals surface area contributed by atoms with E-state index >= 15 is 0 Å². The van der Waals surface area contributed by atoms with Crippen LogP contribution in [0.1, 0.15) is 110 Å². The summed E-state index contributed by atoms with van der Waals surface area (Å²) in [4.78, 5) is 0. The van der Waals surface area contributed by atoms with Gasteiger partial charge in [0.2, 0.25) is 0 Å². The van der Waals surface area contributed by atoms with Crippen molar-refractivity contribution >= 4 is 11.8 Å². The van der Waals surface area contributed by atoms with Gasteiger partial charge in [-0.2, -0.15) is 11.8 Å². The molecule has 0 aromatic heterocycles. The van der Waals surface area contributed by atoms with Crippen LogP contribution in [-0.2, 0) is 0 Å². The van der Waals surface area contributed by atoms with Crippen molar-refractivity contribution < 1.29 is 9.59 Å². The second-order valence-corrected chi connectivity index (χ2v) is 10.7. The molecule has 0 saturated heterocycles. The lowest BCUT2D eigenvalue weighted by Crippen LogP contribution is -2.42. The summed E-state index contributed by atoms with van der Waals surface area (Å²) in [6.07, 6.45) is 22.7. The Kier molecular flexibility index (Phi) is 19.8. The molecule has 0 aliphatic heterocycles. The Labute approximate surface area is 176 Å². The first-order chi connectivity index (χ1) is 13.0. The van der Waals surface area contributed by atoms with Crippen LogP contribution in [0.3, 0.4) is 0 Å². The third kappa shape index (κ3) is 24.2. The van der Waals surface area contributed by atoms with Crippen LogP contribution in [0.25, 0.3) is 0 Å². The summed E-state index contributed by atoms with van der Waals surface area (Å²) >= 11 is 1.93. The lowest BCUT2D eigenvalue weighted by atomic mass is 10.0. The minimum atomic E-state index is -0.156. The van der Waals surface area contributed by atoms with Crippen molar-refractivity contribution in [2.45, 2.75) is 116 Å². The third-order valence-corrected chi connectivity index (χ3v) is 6.41. The Morgan fingerprint density at radius 1 is 0.630 bits per heavy atom. The Hall–Kier alpha value is 0.270. The monoisotopic (exact) mass is 402 g/mol. The van der Waals surface area contributed by atoms with Crippen molar-refractivity contribution in [2.75, 3.05) is 39.2 Å². The molecule has 2 nitrogen and oxygen atoms in total. The summed E-state index contributed by atoms with van der Waals surface area (Å²) in [6.45, 7) is 3.15. The van der Waals surface area contributed by atoms with Crippen LogP contribution in [0, 0.1) is 0 Å². The minimum Gasteiger partial charge on any atom is -0.386 e. The molecule has 0 aromatic rings. The zero-order valence-electron chi connectivity index (χ0n) is 19.3. The van der Waals surface area contributed by atoms with E-state index in [0.717, 1.165) is 16.8 Å². The van der Waals surface area contributed by atoms with Gasteiger partial charge in [-0.15, -0.1) is 0 Å². The molecule has 0 heterocycles. The predicted octanol–water partition coefficient (Wildman–Crippen LogP) is 7.05. The number of nitrogens with zero attached hydrogens (tertiary/aromatic N) is 1. The molecule has 0 aromatic carbocycles. The predicted molar refractivity (Wildman–Crippen MR) is 126 cm³/mol. The zero-order chi connectivity index (χ0) is 20.2. The van der Waals surface area contributed by atoms with Gasteiger partial charge in [0.05, 0.1) is 21.1 Å². The second-order valence-electron chi connectivity index (χ2n) is 9.50. The molecule has 0 spiro atoms. The number of unbranched alkanes of at least 4 members (excludes halogenated alkanes) is 15. The molecule has 0 aliphatic rings. The maximum absolute atomic E-state index is 9.98. The van der Waals surface area contributed by atoms with Crippen molar-refractivity contribution in [1.29, 1.82) is 0 Å². The first kappa shape index (κ1) is 27.3. The van der Waals surface area contributed by atoms with Crippen molar-refractivity contribution in [3.63, 3.8) is 0 Å². The van der Waals surface area contributed by atoms with E-state index < -0.39 is 0 Å². The fourth-order valence-corrected chi connectivity index (χ4v) is 4.61. The van der Waals surface area contributed by atoms with E-state index in [-0.39, 0.29) is 6.10 Å². The molecule has 1 atom stereocenters. The molecule has 1 N–H and O–H groups in total. The topological polar surface area (TPSA) is 20.2 Å². The Bertz CT molecular complexity index is 291. The first-order valence-electron chi connectivity index (χ1n) is 12.0. The van der Waals surface area contributed by atoms with Crippen LogP contribution in [0.5, 0.6) is 0 Å². The normalized spacial score (nSPS) is 13.2. The highest BCUT2D eigenvalue weighted by Crippen LogP contribution is 2.15. The van der Waals surface area contributed by atoms with Gasteiger partial charge in [-0.3, -0.25) is 0 Å². The van der Waals surface area contributed by atoms with Crippen LogP contribution >= 0.6 is 11.8 Å². The fourth-order valence-electron chi connectivity index (χ4n) is 3.66. The summed E-state index contributed by atoms with van der Waals surface area (Å²) < 4.78 is 0.848. The molecular formula is C24H52NOS+. The summed E-state index contributed by atoms with van der Waals surface area (Å²) in [5, 5.41) is 9.98. The lowest BCUT2D eigenvalue weighted by molar-refractivity contribution is -0.873. The SMILES string of the molecule is CCCCCCCCCCCCCCCCCCSC[C@H](O)C[N+](C)(C)C. The molecule has 0 bridgehead atoms. The van der Waals surface area contributed by atoms with Gasteiger partial charge < -0.3 is 9.59 Å². The van der Waals surface area contributed by atoms with Crippen LogP contribution in [0.2, 0.25) is 0 Å². The Balaban J connectivity index is 3.11. The molecule has 0 fully saturated rings. The maximum Gasteiger partial charge on any atom is 0.112 e. The number of aliphatic hydroxyl groups excluding tert-OH is 1. The quantitative estimate of drug-likeness (QED) is 0.164. The number of likely N-dealkylation sites (N-methyl/N-ethyl adjacent to an activating group) is 1. The number of quaternary nitrogens is 1. The number of hydrogen-bond acceptors (Lipinski definition) is 2. The number of thioether (sulfide) groups is 1. The van der Waals surface area contributed by atoms with Crippen molar-refractivity contribution in [1.82, 2.24) is 0 Å². The van der Waals surface area contributed by atoms with Gasteiger partial charge in [-0.1, -0.05) is 103 Å². The first-order valence-corrected chi connectivity index (χ1v) is 13.2. The standard InChI is InChI=1S/C24H52NOS/c1-5-6-7-8-9-10-11-12-13-14-15-16-17-18-19-20-21-27-23-24(26)22-25(2,3)4/h24,26H,5-23H2,1-4H3/q+1/t24-/m1/s1. The summed E-state index contributed by atoms with van der Waals surface area (Å²) in [5.41, 5.74) is 0. The van der Waals surface area contributed by atoms with E-state index in [0.29, 0.717) is 0 Å². The molecule has 0 rings (SSSR count). The van der Waals surface area contributed by atoms with Crippen LogP contribution in [0.15, 0.2) is 0 Å². The molecule has 0 amide bonds. The lowest BCUT2D eigenvalue weighted by Gasteiger charge is -2.26. The second kappa shape index (κ2) is 19.6. The summed E-state index contributed by atoms with van der Waals surface area (Å²) in [7, 11) is 6.43. The van der Waals surface area contributed by atoms with E-state index in [1.165, 1.54) is 108 Å². The average Bonchev–Trinajstić information content (AvgIpc) is 2.59. The number of rotatable bonds is 21. The molecule has 3 heteroatoms. The number of hydrogen-bond donors (Lipinski definition) is 1. The molecule has 27 heavy (non-hydrogen) atoms. The van der Waals surface area contributed by atoms with Gasteiger partial charge in [0.1, 0.15) is 12.6 Å². The molecule has 0 unspecified atom stereocenters. The highest BCUT2D eigenvalue weighted by atomic mass is 32.2. The molecule has 0 radical (unpaired) electrons. The van der Waals surface area contributed by atoms with Crippen molar-refractivity contribution in [3.8, 4) is 0 Å². The summed E-state index contributed by atoms with van der Waals surface area (Å²) in [6, 6.07) is 0. The van der Waals surface area contributed by atoms with Crippen LogP contribution in [-0.4, -0.2) is 54.9 Å².